The highest BCUT2D eigenvalue weighted by molar-refractivity contribution is 8.00. The third-order valence-corrected chi connectivity index (χ3v) is 3.50. The number of thioether (sulfide) groups is 1. The summed E-state index contributed by atoms with van der Waals surface area (Å²) >= 11 is 1.54. The van der Waals surface area contributed by atoms with Crippen LogP contribution in [-0.2, 0) is 9.53 Å². The van der Waals surface area contributed by atoms with Gasteiger partial charge in [-0.1, -0.05) is 0 Å². The Bertz CT molecular complexity index is 363. The van der Waals surface area contributed by atoms with Crippen LogP contribution < -0.4 is 5.73 Å². The standard InChI is InChI=1S/C11H13NO2S/c1-7-6-10(11(13)14-7)15-9-4-2-8(12)3-5-9/h2-5,7,10H,6,12H2,1H3. The molecule has 3 nitrogen and oxygen atoms in total. The molecule has 1 fully saturated rings. The molecule has 1 aliphatic heterocycles. The lowest BCUT2D eigenvalue weighted by Gasteiger charge is -2.05. The average Bonchev–Trinajstić information content (AvgIpc) is 2.49. The van der Waals surface area contributed by atoms with Crippen LogP contribution in [0.5, 0.6) is 0 Å². The Kier molecular flexibility index (Phi) is 2.86. The number of ether oxygens (including phenoxy) is 1. The zero-order valence-electron chi connectivity index (χ0n) is 8.47. The molecule has 1 aromatic rings. The van der Waals surface area contributed by atoms with Gasteiger partial charge in [-0.25, -0.2) is 0 Å². The summed E-state index contributed by atoms with van der Waals surface area (Å²) in [5.74, 6) is -0.107. The molecule has 2 N–H and O–H groups in total. The molecule has 0 spiro atoms. The number of nitrogens with two attached hydrogens (primary N) is 1. The first-order valence-electron chi connectivity index (χ1n) is 4.88. The van der Waals surface area contributed by atoms with Crippen LogP contribution in [0.1, 0.15) is 13.3 Å². The molecule has 1 heterocycles. The number of anilines is 1. The fourth-order valence-electron chi connectivity index (χ4n) is 1.53. The van der Waals surface area contributed by atoms with Crippen molar-refractivity contribution in [3.05, 3.63) is 24.3 Å². The molecule has 0 radical (unpaired) electrons. The van der Waals surface area contributed by atoms with E-state index in [4.69, 9.17) is 10.5 Å². The van der Waals surface area contributed by atoms with Crippen LogP contribution in [0, 0.1) is 0 Å². The fraction of sp³-hybridized carbons (Fsp3) is 0.364. The maximum Gasteiger partial charge on any atom is 0.319 e. The molecule has 1 aliphatic rings. The highest BCUT2D eigenvalue weighted by Crippen LogP contribution is 2.32. The van der Waals surface area contributed by atoms with Gasteiger partial charge in [-0.05, 0) is 31.2 Å². The number of carbonyl (C=O) groups is 1. The summed E-state index contributed by atoms with van der Waals surface area (Å²) < 4.78 is 5.09. The largest absolute Gasteiger partial charge is 0.462 e. The minimum Gasteiger partial charge on any atom is -0.462 e. The van der Waals surface area contributed by atoms with Gasteiger partial charge in [0, 0.05) is 17.0 Å². The van der Waals surface area contributed by atoms with Gasteiger partial charge in [0.05, 0.1) is 0 Å². The first-order chi connectivity index (χ1) is 7.15. The molecular formula is C11H13NO2S. The first kappa shape index (κ1) is 10.4. The Balaban J connectivity index is 2.03. The second kappa shape index (κ2) is 4.14. The lowest BCUT2D eigenvalue weighted by atomic mass is 10.3. The molecule has 2 atom stereocenters. The molecular weight excluding hydrogens is 210 g/mol. The van der Waals surface area contributed by atoms with Gasteiger partial charge in [0.1, 0.15) is 11.4 Å². The lowest BCUT2D eigenvalue weighted by Crippen LogP contribution is -2.08. The number of carbonyl (C=O) groups excluding carboxylic acids is 1. The molecule has 0 bridgehead atoms. The van der Waals surface area contributed by atoms with Crippen LogP contribution in [0.4, 0.5) is 5.69 Å². The summed E-state index contributed by atoms with van der Waals surface area (Å²) in [6, 6.07) is 7.53. The van der Waals surface area contributed by atoms with Crippen molar-refractivity contribution < 1.29 is 9.53 Å². The summed E-state index contributed by atoms with van der Waals surface area (Å²) in [7, 11) is 0. The smallest absolute Gasteiger partial charge is 0.319 e. The van der Waals surface area contributed by atoms with Crippen molar-refractivity contribution >= 4 is 23.4 Å². The van der Waals surface area contributed by atoms with Gasteiger partial charge in [0.25, 0.3) is 0 Å². The van der Waals surface area contributed by atoms with Crippen molar-refractivity contribution in [1.82, 2.24) is 0 Å². The van der Waals surface area contributed by atoms with Crippen molar-refractivity contribution in [2.75, 3.05) is 5.73 Å². The predicted octanol–water partition coefficient (Wildman–Crippen LogP) is 2.06. The average molecular weight is 223 g/mol. The van der Waals surface area contributed by atoms with E-state index in [1.54, 1.807) is 11.8 Å². The quantitative estimate of drug-likeness (QED) is 0.616. The third-order valence-electron chi connectivity index (χ3n) is 2.28. The van der Waals surface area contributed by atoms with E-state index in [0.29, 0.717) is 0 Å². The topological polar surface area (TPSA) is 52.3 Å². The Morgan fingerprint density at radius 1 is 1.40 bits per heavy atom. The van der Waals surface area contributed by atoms with Crippen molar-refractivity contribution in [3.8, 4) is 0 Å². The lowest BCUT2D eigenvalue weighted by molar-refractivity contribution is -0.140. The van der Waals surface area contributed by atoms with Gasteiger partial charge < -0.3 is 10.5 Å². The van der Waals surface area contributed by atoms with E-state index in [2.05, 4.69) is 0 Å². The number of rotatable bonds is 2. The molecule has 0 aliphatic carbocycles. The second-order valence-electron chi connectivity index (χ2n) is 3.66. The van der Waals surface area contributed by atoms with Crippen molar-refractivity contribution in [3.63, 3.8) is 0 Å². The zero-order chi connectivity index (χ0) is 10.8. The first-order valence-corrected chi connectivity index (χ1v) is 5.76. The van der Waals surface area contributed by atoms with Crippen LogP contribution >= 0.6 is 11.8 Å². The van der Waals surface area contributed by atoms with Crippen LogP contribution in [0.25, 0.3) is 0 Å². The van der Waals surface area contributed by atoms with Gasteiger partial charge >= 0.3 is 5.97 Å². The number of esters is 1. The molecule has 4 heteroatoms. The summed E-state index contributed by atoms with van der Waals surface area (Å²) in [4.78, 5) is 12.4. The monoisotopic (exact) mass is 223 g/mol. The Hall–Kier alpha value is -1.16. The summed E-state index contributed by atoms with van der Waals surface area (Å²) in [6.07, 6.45) is 0.831. The van der Waals surface area contributed by atoms with E-state index >= 15 is 0 Å². The van der Waals surface area contributed by atoms with Gasteiger partial charge in [-0.15, -0.1) is 11.8 Å². The molecule has 0 aromatic heterocycles. The van der Waals surface area contributed by atoms with E-state index in [9.17, 15) is 4.79 Å². The minimum absolute atomic E-state index is 0.0452. The van der Waals surface area contributed by atoms with Gasteiger partial charge in [0.2, 0.25) is 0 Å². The molecule has 1 saturated heterocycles. The molecule has 2 unspecified atom stereocenters. The Morgan fingerprint density at radius 2 is 2.07 bits per heavy atom. The van der Waals surface area contributed by atoms with Crippen LogP contribution in [0.2, 0.25) is 0 Å². The van der Waals surface area contributed by atoms with E-state index in [1.807, 2.05) is 31.2 Å². The second-order valence-corrected chi connectivity index (χ2v) is 4.93. The van der Waals surface area contributed by atoms with Crippen molar-refractivity contribution in [2.45, 2.75) is 29.6 Å². The highest BCUT2D eigenvalue weighted by Gasteiger charge is 2.32. The Labute approximate surface area is 93.0 Å². The number of hydrogen-bond acceptors (Lipinski definition) is 4. The normalized spacial score (nSPS) is 25.3. The van der Waals surface area contributed by atoms with Gasteiger partial charge in [0.15, 0.2) is 0 Å². The van der Waals surface area contributed by atoms with E-state index in [0.717, 1.165) is 17.0 Å². The van der Waals surface area contributed by atoms with Crippen LogP contribution in [-0.4, -0.2) is 17.3 Å². The van der Waals surface area contributed by atoms with Crippen molar-refractivity contribution in [2.24, 2.45) is 0 Å². The fourth-order valence-corrected chi connectivity index (χ4v) is 2.67. The maximum atomic E-state index is 11.4. The number of hydrogen-bond donors (Lipinski definition) is 1. The van der Waals surface area contributed by atoms with Crippen molar-refractivity contribution in [1.29, 1.82) is 0 Å². The third kappa shape index (κ3) is 2.45. The van der Waals surface area contributed by atoms with E-state index in [1.165, 1.54) is 0 Å². The van der Waals surface area contributed by atoms with Gasteiger partial charge in [-0.2, -0.15) is 0 Å². The zero-order valence-corrected chi connectivity index (χ0v) is 9.29. The molecule has 80 valence electrons. The summed E-state index contributed by atoms with van der Waals surface area (Å²) in [5.41, 5.74) is 6.32. The minimum atomic E-state index is -0.107. The molecule has 15 heavy (non-hydrogen) atoms. The Morgan fingerprint density at radius 3 is 2.60 bits per heavy atom. The number of nitrogen functional groups attached to an aromatic ring is 1. The summed E-state index contributed by atoms with van der Waals surface area (Å²) in [5, 5.41) is -0.0661. The molecule has 0 saturated carbocycles. The molecule has 2 rings (SSSR count). The molecule has 1 aromatic carbocycles. The number of cyclic esters (lactones) is 1. The predicted molar refractivity (Wildman–Crippen MR) is 60.7 cm³/mol. The molecule has 0 amide bonds. The van der Waals surface area contributed by atoms with E-state index < -0.39 is 0 Å². The highest BCUT2D eigenvalue weighted by atomic mass is 32.2. The SMILES string of the molecule is CC1CC(Sc2ccc(N)cc2)C(=O)O1. The summed E-state index contributed by atoms with van der Waals surface area (Å²) in [6.45, 7) is 1.92. The van der Waals surface area contributed by atoms with Crippen LogP contribution in [0.3, 0.4) is 0 Å². The van der Waals surface area contributed by atoms with E-state index in [-0.39, 0.29) is 17.3 Å². The van der Waals surface area contributed by atoms with Gasteiger partial charge in [-0.3, -0.25) is 4.79 Å². The van der Waals surface area contributed by atoms with Crippen LogP contribution in [0.15, 0.2) is 29.2 Å². The number of benzene rings is 1. The maximum absolute atomic E-state index is 11.4.